The SMILES string of the molecule is CCNC(=NCc1ccc(COCC)cc1)NCC1COc2ccccc2O1.I. The Bertz CT molecular complexity index is 768. The molecule has 6 nitrogen and oxygen atoms in total. The van der Waals surface area contributed by atoms with Gasteiger partial charge in [0.25, 0.3) is 0 Å². The molecule has 0 saturated heterocycles. The lowest BCUT2D eigenvalue weighted by atomic mass is 10.1. The molecular formula is C22H30IN3O3. The zero-order valence-corrected chi connectivity index (χ0v) is 19.3. The number of nitrogens with zero attached hydrogens (tertiary/aromatic N) is 1. The van der Waals surface area contributed by atoms with Crippen molar-refractivity contribution >= 4 is 29.9 Å². The molecule has 0 fully saturated rings. The summed E-state index contributed by atoms with van der Waals surface area (Å²) in [5.41, 5.74) is 2.33. The third-order valence-electron chi connectivity index (χ3n) is 4.32. The first kappa shape index (κ1) is 23.3. The van der Waals surface area contributed by atoms with E-state index in [0.717, 1.165) is 36.2 Å². The van der Waals surface area contributed by atoms with Gasteiger partial charge in [0.15, 0.2) is 17.5 Å². The topological polar surface area (TPSA) is 64.1 Å². The summed E-state index contributed by atoms with van der Waals surface area (Å²) in [6.45, 7) is 7.97. The molecule has 0 radical (unpaired) electrons. The zero-order valence-electron chi connectivity index (χ0n) is 17.0. The highest BCUT2D eigenvalue weighted by molar-refractivity contribution is 14.0. The van der Waals surface area contributed by atoms with E-state index in [1.54, 1.807) is 0 Å². The molecule has 158 valence electrons. The van der Waals surface area contributed by atoms with Crippen LogP contribution in [-0.2, 0) is 17.9 Å². The summed E-state index contributed by atoms with van der Waals surface area (Å²) in [6.07, 6.45) is -0.0587. The van der Waals surface area contributed by atoms with E-state index in [0.29, 0.717) is 26.3 Å². The number of guanidine groups is 1. The monoisotopic (exact) mass is 511 g/mol. The van der Waals surface area contributed by atoms with Crippen LogP contribution >= 0.6 is 24.0 Å². The maximum Gasteiger partial charge on any atom is 0.191 e. The average Bonchev–Trinajstić information content (AvgIpc) is 2.75. The molecule has 0 spiro atoms. The summed E-state index contributed by atoms with van der Waals surface area (Å²) in [5, 5.41) is 6.62. The Morgan fingerprint density at radius 1 is 1.03 bits per heavy atom. The number of nitrogens with one attached hydrogen (secondary N) is 2. The Balaban J connectivity index is 0.00000300. The van der Waals surface area contributed by atoms with Gasteiger partial charge in [-0.3, -0.25) is 0 Å². The molecule has 1 heterocycles. The summed E-state index contributed by atoms with van der Waals surface area (Å²) in [4.78, 5) is 4.67. The van der Waals surface area contributed by atoms with Gasteiger partial charge in [0, 0.05) is 13.2 Å². The molecule has 0 saturated carbocycles. The van der Waals surface area contributed by atoms with Crippen molar-refractivity contribution in [2.24, 2.45) is 4.99 Å². The van der Waals surface area contributed by atoms with Crippen LogP contribution in [0.5, 0.6) is 11.5 Å². The van der Waals surface area contributed by atoms with Crippen molar-refractivity contribution in [3.63, 3.8) is 0 Å². The van der Waals surface area contributed by atoms with Crippen molar-refractivity contribution in [3.05, 3.63) is 59.7 Å². The second-order valence-electron chi connectivity index (χ2n) is 6.53. The number of para-hydroxylation sites is 2. The van der Waals surface area contributed by atoms with Crippen LogP contribution in [0.3, 0.4) is 0 Å². The molecule has 1 aliphatic heterocycles. The van der Waals surface area contributed by atoms with Crippen molar-refractivity contribution < 1.29 is 14.2 Å². The second kappa shape index (κ2) is 12.5. The summed E-state index contributed by atoms with van der Waals surface area (Å²) >= 11 is 0. The summed E-state index contributed by atoms with van der Waals surface area (Å²) in [6, 6.07) is 16.1. The maximum absolute atomic E-state index is 5.99. The largest absolute Gasteiger partial charge is 0.486 e. The number of hydrogen-bond donors (Lipinski definition) is 2. The molecule has 1 unspecified atom stereocenters. The Kier molecular flexibility index (Phi) is 10.1. The molecule has 3 rings (SSSR count). The zero-order chi connectivity index (χ0) is 19.6. The molecule has 0 aliphatic carbocycles. The van der Waals surface area contributed by atoms with Gasteiger partial charge in [-0.25, -0.2) is 4.99 Å². The van der Waals surface area contributed by atoms with Gasteiger partial charge in [-0.05, 0) is 37.1 Å². The van der Waals surface area contributed by atoms with Gasteiger partial charge >= 0.3 is 0 Å². The van der Waals surface area contributed by atoms with Crippen molar-refractivity contribution in [3.8, 4) is 11.5 Å². The number of ether oxygens (including phenoxy) is 3. The van der Waals surface area contributed by atoms with Crippen LogP contribution in [0.25, 0.3) is 0 Å². The molecule has 2 N–H and O–H groups in total. The Morgan fingerprint density at radius 3 is 2.48 bits per heavy atom. The van der Waals surface area contributed by atoms with Crippen molar-refractivity contribution in [1.82, 2.24) is 10.6 Å². The fraction of sp³-hybridized carbons (Fsp3) is 0.409. The summed E-state index contributed by atoms with van der Waals surface area (Å²) in [7, 11) is 0. The molecule has 2 aromatic rings. The minimum atomic E-state index is -0.0587. The van der Waals surface area contributed by atoms with Gasteiger partial charge in [0.2, 0.25) is 0 Å². The molecule has 0 amide bonds. The lowest BCUT2D eigenvalue weighted by Crippen LogP contribution is -2.45. The van der Waals surface area contributed by atoms with Crippen LogP contribution in [-0.4, -0.2) is 38.4 Å². The normalized spacial score (nSPS) is 15.4. The predicted octanol–water partition coefficient (Wildman–Crippen LogP) is 3.74. The molecule has 2 aromatic carbocycles. The lowest BCUT2D eigenvalue weighted by molar-refractivity contribution is 0.0936. The minimum absolute atomic E-state index is 0. The minimum Gasteiger partial charge on any atom is -0.486 e. The van der Waals surface area contributed by atoms with Crippen molar-refractivity contribution in [2.45, 2.75) is 33.1 Å². The first-order valence-corrected chi connectivity index (χ1v) is 9.84. The Hall–Kier alpha value is -2.00. The highest BCUT2D eigenvalue weighted by Gasteiger charge is 2.20. The highest BCUT2D eigenvalue weighted by atomic mass is 127. The van der Waals surface area contributed by atoms with Crippen LogP contribution in [0, 0.1) is 0 Å². The molecule has 29 heavy (non-hydrogen) atoms. The van der Waals surface area contributed by atoms with Crippen LogP contribution in [0.15, 0.2) is 53.5 Å². The molecule has 0 bridgehead atoms. The third-order valence-corrected chi connectivity index (χ3v) is 4.32. The van der Waals surface area contributed by atoms with E-state index in [9.17, 15) is 0 Å². The first-order chi connectivity index (χ1) is 13.8. The van der Waals surface area contributed by atoms with E-state index in [1.165, 1.54) is 5.56 Å². The number of benzene rings is 2. The number of halogens is 1. The molecule has 1 aliphatic rings. The molecular weight excluding hydrogens is 481 g/mol. The van der Waals surface area contributed by atoms with Crippen molar-refractivity contribution in [2.75, 3.05) is 26.3 Å². The first-order valence-electron chi connectivity index (χ1n) is 9.84. The van der Waals surface area contributed by atoms with Crippen LogP contribution in [0.4, 0.5) is 0 Å². The van der Waals surface area contributed by atoms with E-state index in [2.05, 4.69) is 46.8 Å². The fourth-order valence-electron chi connectivity index (χ4n) is 2.85. The fourth-order valence-corrected chi connectivity index (χ4v) is 2.85. The number of rotatable bonds is 8. The Labute approximate surface area is 190 Å². The quantitative estimate of drug-likeness (QED) is 0.321. The van der Waals surface area contributed by atoms with Gasteiger partial charge < -0.3 is 24.8 Å². The molecule has 7 heteroatoms. The lowest BCUT2D eigenvalue weighted by Gasteiger charge is -2.27. The highest BCUT2D eigenvalue weighted by Crippen LogP contribution is 2.30. The van der Waals surface area contributed by atoms with E-state index < -0.39 is 0 Å². The van der Waals surface area contributed by atoms with Crippen molar-refractivity contribution in [1.29, 1.82) is 0 Å². The van der Waals surface area contributed by atoms with Gasteiger partial charge in [-0.2, -0.15) is 0 Å². The van der Waals surface area contributed by atoms with E-state index in [4.69, 9.17) is 14.2 Å². The summed E-state index contributed by atoms with van der Waals surface area (Å²) in [5.74, 6) is 2.35. The number of aliphatic imine (C=N–C) groups is 1. The molecule has 0 aromatic heterocycles. The van der Waals surface area contributed by atoms with Gasteiger partial charge in [-0.1, -0.05) is 36.4 Å². The summed E-state index contributed by atoms with van der Waals surface area (Å²) < 4.78 is 17.2. The maximum atomic E-state index is 5.99. The smallest absolute Gasteiger partial charge is 0.191 e. The van der Waals surface area contributed by atoms with Gasteiger partial charge in [0.05, 0.1) is 19.7 Å². The van der Waals surface area contributed by atoms with Crippen LogP contribution in [0.2, 0.25) is 0 Å². The second-order valence-corrected chi connectivity index (χ2v) is 6.53. The third kappa shape index (κ3) is 7.40. The average molecular weight is 511 g/mol. The standard InChI is InChI=1S/C22H29N3O3.HI/c1-3-23-22(24-13-17-9-11-18(12-10-17)15-26-4-2)25-14-19-16-27-20-7-5-6-8-21(20)28-19;/h5-12,19H,3-4,13-16H2,1-2H3,(H2,23,24,25);1H. The van der Waals surface area contributed by atoms with Gasteiger partial charge in [-0.15, -0.1) is 24.0 Å². The van der Waals surface area contributed by atoms with Crippen LogP contribution in [0.1, 0.15) is 25.0 Å². The molecule has 1 atom stereocenters. The predicted molar refractivity (Wildman–Crippen MR) is 126 cm³/mol. The number of fused-ring (bicyclic) bond motifs is 1. The van der Waals surface area contributed by atoms with E-state index in [1.807, 2.05) is 31.2 Å². The number of hydrogen-bond acceptors (Lipinski definition) is 4. The Morgan fingerprint density at radius 2 is 1.76 bits per heavy atom. The van der Waals surface area contributed by atoms with Crippen LogP contribution < -0.4 is 20.1 Å². The van der Waals surface area contributed by atoms with Gasteiger partial charge in [0.1, 0.15) is 12.7 Å². The van der Waals surface area contributed by atoms with E-state index in [-0.39, 0.29) is 30.1 Å². The van der Waals surface area contributed by atoms with E-state index >= 15 is 0 Å².